The zero-order valence-electron chi connectivity index (χ0n) is 17.4. The number of imide groups is 1. The Labute approximate surface area is 180 Å². The van der Waals surface area contributed by atoms with E-state index in [1.54, 1.807) is 36.4 Å². The van der Waals surface area contributed by atoms with Gasteiger partial charge in [-0.15, -0.1) is 0 Å². The molecule has 8 heteroatoms. The lowest BCUT2D eigenvalue weighted by atomic mass is 10.1. The van der Waals surface area contributed by atoms with Crippen molar-refractivity contribution in [3.05, 3.63) is 64.9 Å². The number of benzene rings is 2. The Morgan fingerprint density at radius 3 is 2.45 bits per heavy atom. The van der Waals surface area contributed by atoms with Crippen LogP contribution in [0, 0.1) is 0 Å². The van der Waals surface area contributed by atoms with Crippen molar-refractivity contribution < 1.29 is 29.0 Å². The number of carbonyl (C=O) groups is 3. The van der Waals surface area contributed by atoms with Crippen molar-refractivity contribution in [2.75, 3.05) is 13.2 Å². The molecule has 0 spiro atoms. The molecular weight excluding hydrogens is 400 g/mol. The SMILES string of the molecule is CCCN1C(=O)N/C(=C/c2ccc(OCc3ccc(C(=O)O)cc3)c(OCC)c2)C1=O. The van der Waals surface area contributed by atoms with E-state index in [1.807, 2.05) is 13.8 Å². The maximum atomic E-state index is 12.4. The Kier molecular flexibility index (Phi) is 6.92. The van der Waals surface area contributed by atoms with Crippen molar-refractivity contribution in [1.82, 2.24) is 10.2 Å². The molecule has 0 atom stereocenters. The van der Waals surface area contributed by atoms with Gasteiger partial charge in [-0.1, -0.05) is 25.1 Å². The van der Waals surface area contributed by atoms with E-state index in [0.717, 1.165) is 5.56 Å². The van der Waals surface area contributed by atoms with E-state index < -0.39 is 12.0 Å². The number of rotatable bonds is 9. The van der Waals surface area contributed by atoms with Gasteiger partial charge in [-0.2, -0.15) is 0 Å². The van der Waals surface area contributed by atoms with Gasteiger partial charge in [0.25, 0.3) is 5.91 Å². The molecule has 8 nitrogen and oxygen atoms in total. The molecule has 1 fully saturated rings. The highest BCUT2D eigenvalue weighted by Crippen LogP contribution is 2.30. The number of ether oxygens (including phenoxy) is 2. The monoisotopic (exact) mass is 424 g/mol. The van der Waals surface area contributed by atoms with E-state index in [0.29, 0.717) is 36.6 Å². The number of hydrogen-bond donors (Lipinski definition) is 2. The molecule has 2 N–H and O–H groups in total. The molecule has 0 aromatic heterocycles. The Hall–Kier alpha value is -3.81. The summed E-state index contributed by atoms with van der Waals surface area (Å²) in [5.74, 6) is -0.317. The summed E-state index contributed by atoms with van der Waals surface area (Å²) < 4.78 is 11.5. The van der Waals surface area contributed by atoms with Gasteiger partial charge in [0.15, 0.2) is 11.5 Å². The van der Waals surface area contributed by atoms with Gasteiger partial charge in [0.2, 0.25) is 0 Å². The zero-order chi connectivity index (χ0) is 22.4. The lowest BCUT2D eigenvalue weighted by Gasteiger charge is -2.13. The Balaban J connectivity index is 1.76. The van der Waals surface area contributed by atoms with E-state index in [1.165, 1.54) is 17.0 Å². The maximum Gasteiger partial charge on any atom is 0.335 e. The summed E-state index contributed by atoms with van der Waals surface area (Å²) in [6, 6.07) is 11.2. The number of nitrogens with zero attached hydrogens (tertiary/aromatic N) is 1. The van der Waals surface area contributed by atoms with Crippen LogP contribution >= 0.6 is 0 Å². The molecule has 162 valence electrons. The van der Waals surface area contributed by atoms with Crippen LogP contribution in [0.1, 0.15) is 41.8 Å². The third-order valence-electron chi connectivity index (χ3n) is 4.58. The summed E-state index contributed by atoms with van der Waals surface area (Å²) in [4.78, 5) is 36.5. The van der Waals surface area contributed by atoms with Gasteiger partial charge >= 0.3 is 12.0 Å². The van der Waals surface area contributed by atoms with Crippen molar-refractivity contribution >= 4 is 24.0 Å². The molecule has 3 amide bonds. The summed E-state index contributed by atoms with van der Waals surface area (Å²) in [6.45, 7) is 4.77. The van der Waals surface area contributed by atoms with Crippen LogP contribution < -0.4 is 14.8 Å². The van der Waals surface area contributed by atoms with Crippen molar-refractivity contribution in [2.24, 2.45) is 0 Å². The Morgan fingerprint density at radius 2 is 1.81 bits per heavy atom. The smallest absolute Gasteiger partial charge is 0.335 e. The number of hydrogen-bond acceptors (Lipinski definition) is 5. The third kappa shape index (κ3) is 5.22. The number of carbonyl (C=O) groups excluding carboxylic acids is 2. The molecule has 1 aliphatic heterocycles. The van der Waals surface area contributed by atoms with Crippen molar-refractivity contribution in [2.45, 2.75) is 26.9 Å². The molecule has 0 unspecified atom stereocenters. The van der Waals surface area contributed by atoms with E-state index in [9.17, 15) is 14.4 Å². The van der Waals surface area contributed by atoms with Crippen molar-refractivity contribution in [3.8, 4) is 11.5 Å². The van der Waals surface area contributed by atoms with E-state index in [-0.39, 0.29) is 23.8 Å². The van der Waals surface area contributed by atoms with Crippen molar-refractivity contribution in [1.29, 1.82) is 0 Å². The predicted octanol–water partition coefficient (Wildman–Crippen LogP) is 3.67. The first-order chi connectivity index (χ1) is 14.9. The summed E-state index contributed by atoms with van der Waals surface area (Å²) >= 11 is 0. The number of amides is 3. The topological polar surface area (TPSA) is 105 Å². The molecule has 1 aliphatic rings. The van der Waals surface area contributed by atoms with E-state index >= 15 is 0 Å². The Bertz CT molecular complexity index is 1010. The first kappa shape index (κ1) is 21.9. The largest absolute Gasteiger partial charge is 0.490 e. The van der Waals surface area contributed by atoms with Crippen LogP contribution in [-0.2, 0) is 11.4 Å². The average Bonchev–Trinajstić information content (AvgIpc) is 3.01. The molecule has 0 saturated carbocycles. The lowest BCUT2D eigenvalue weighted by Crippen LogP contribution is -2.31. The second kappa shape index (κ2) is 9.80. The molecule has 2 aromatic rings. The number of urea groups is 1. The minimum atomic E-state index is -0.981. The van der Waals surface area contributed by atoms with Crippen LogP contribution in [0.25, 0.3) is 6.08 Å². The standard InChI is InChI=1S/C23H24N2O6/c1-3-11-25-21(26)18(24-23(25)29)12-16-7-10-19(20(13-16)30-4-2)31-14-15-5-8-17(9-6-15)22(27)28/h5-10,12-13H,3-4,11,14H2,1-2H3,(H,24,29)(H,27,28)/b18-12+. The van der Waals surface area contributed by atoms with Crippen LogP contribution in [0.4, 0.5) is 4.79 Å². The third-order valence-corrected chi connectivity index (χ3v) is 4.58. The van der Waals surface area contributed by atoms with Crippen LogP contribution in [0.5, 0.6) is 11.5 Å². The van der Waals surface area contributed by atoms with Crippen LogP contribution in [0.15, 0.2) is 48.2 Å². The van der Waals surface area contributed by atoms with Gasteiger partial charge < -0.3 is 19.9 Å². The quantitative estimate of drug-likeness (QED) is 0.470. The highest BCUT2D eigenvalue weighted by atomic mass is 16.5. The van der Waals surface area contributed by atoms with Crippen LogP contribution in [0.3, 0.4) is 0 Å². The highest BCUT2D eigenvalue weighted by molar-refractivity contribution is 6.13. The summed E-state index contributed by atoms with van der Waals surface area (Å²) in [5, 5.41) is 11.6. The van der Waals surface area contributed by atoms with Gasteiger partial charge in [-0.3, -0.25) is 9.69 Å². The fourth-order valence-electron chi connectivity index (χ4n) is 3.07. The molecular formula is C23H24N2O6. The van der Waals surface area contributed by atoms with Gasteiger partial charge in [0.1, 0.15) is 12.3 Å². The average molecular weight is 424 g/mol. The second-order valence-electron chi connectivity index (χ2n) is 6.87. The second-order valence-corrected chi connectivity index (χ2v) is 6.87. The molecule has 1 heterocycles. The summed E-state index contributed by atoms with van der Waals surface area (Å²) in [6.07, 6.45) is 2.29. The lowest BCUT2D eigenvalue weighted by molar-refractivity contribution is -0.122. The van der Waals surface area contributed by atoms with Gasteiger partial charge in [-0.05, 0) is 54.8 Å². The molecule has 0 aliphatic carbocycles. The number of nitrogens with one attached hydrogen (secondary N) is 1. The minimum absolute atomic E-state index is 0.210. The Morgan fingerprint density at radius 1 is 1.06 bits per heavy atom. The molecule has 1 saturated heterocycles. The van der Waals surface area contributed by atoms with Crippen LogP contribution in [-0.4, -0.2) is 41.1 Å². The first-order valence-electron chi connectivity index (χ1n) is 9.99. The van der Waals surface area contributed by atoms with Crippen molar-refractivity contribution in [3.63, 3.8) is 0 Å². The number of aromatic carboxylic acids is 1. The highest BCUT2D eigenvalue weighted by Gasteiger charge is 2.32. The van der Waals surface area contributed by atoms with Gasteiger partial charge in [0.05, 0.1) is 12.2 Å². The molecule has 2 aromatic carbocycles. The number of carboxylic acids is 1. The predicted molar refractivity (Wildman–Crippen MR) is 114 cm³/mol. The molecule has 3 rings (SSSR count). The zero-order valence-corrected chi connectivity index (χ0v) is 17.4. The molecule has 31 heavy (non-hydrogen) atoms. The fourth-order valence-corrected chi connectivity index (χ4v) is 3.07. The normalized spacial score (nSPS) is 14.6. The van der Waals surface area contributed by atoms with Gasteiger partial charge in [-0.25, -0.2) is 9.59 Å². The summed E-state index contributed by atoms with van der Waals surface area (Å²) in [7, 11) is 0. The first-order valence-corrected chi connectivity index (χ1v) is 9.99. The summed E-state index contributed by atoms with van der Waals surface area (Å²) in [5.41, 5.74) is 1.92. The number of carboxylic acid groups (broad SMARTS) is 1. The maximum absolute atomic E-state index is 12.4. The van der Waals surface area contributed by atoms with Crippen LogP contribution in [0.2, 0.25) is 0 Å². The molecule has 0 radical (unpaired) electrons. The molecule has 0 bridgehead atoms. The van der Waals surface area contributed by atoms with Gasteiger partial charge in [0, 0.05) is 6.54 Å². The van der Waals surface area contributed by atoms with E-state index in [4.69, 9.17) is 14.6 Å². The minimum Gasteiger partial charge on any atom is -0.490 e. The fraction of sp³-hybridized carbons (Fsp3) is 0.261. The van der Waals surface area contributed by atoms with E-state index in [2.05, 4.69) is 5.32 Å².